The maximum Gasteiger partial charge on any atom is 0.170 e. The van der Waals surface area contributed by atoms with Crippen LogP contribution in [0.2, 0.25) is 0 Å². The Hall–Kier alpha value is -0.800. The van der Waals surface area contributed by atoms with Crippen molar-refractivity contribution in [3.63, 3.8) is 0 Å². The molecule has 0 saturated carbocycles. The van der Waals surface area contributed by atoms with E-state index in [4.69, 9.17) is 0 Å². The highest BCUT2D eigenvalue weighted by Gasteiger charge is 2.07. The van der Waals surface area contributed by atoms with Gasteiger partial charge in [0.15, 0.2) is 11.6 Å². The van der Waals surface area contributed by atoms with Gasteiger partial charge in [0.05, 0.1) is 0 Å². The van der Waals surface area contributed by atoms with Crippen molar-refractivity contribution in [1.29, 1.82) is 0 Å². The van der Waals surface area contributed by atoms with Crippen LogP contribution < -0.4 is 0 Å². The van der Waals surface area contributed by atoms with Gasteiger partial charge in [0.25, 0.3) is 0 Å². The summed E-state index contributed by atoms with van der Waals surface area (Å²) in [6, 6.07) is 0. The lowest BCUT2D eigenvalue weighted by molar-refractivity contribution is 0.560. The molecule has 0 spiro atoms. The second kappa shape index (κ2) is 1.98. The van der Waals surface area contributed by atoms with Gasteiger partial charge in [0.1, 0.15) is 6.54 Å². The second-order valence-corrected chi connectivity index (χ2v) is 1.73. The third-order valence-corrected chi connectivity index (χ3v) is 0.899. The molecule has 8 heavy (non-hydrogen) atoms. The van der Waals surface area contributed by atoms with Crippen LogP contribution in [0.15, 0.2) is 16.0 Å². The monoisotopic (exact) mass is 129 g/mol. The standard InChI is InChI=1S/C3H3N3OS/c7-2-3-1-6(8)5-4-3/h8H,1H2. The minimum Gasteiger partial charge on any atom is -0.231 e. The van der Waals surface area contributed by atoms with E-state index in [0.29, 0.717) is 12.2 Å². The van der Waals surface area contributed by atoms with Gasteiger partial charge < -0.3 is 0 Å². The van der Waals surface area contributed by atoms with E-state index in [0.717, 1.165) is 0 Å². The third-order valence-electron chi connectivity index (χ3n) is 0.678. The first-order valence-corrected chi connectivity index (χ1v) is 2.35. The Labute approximate surface area is 51.4 Å². The Morgan fingerprint density at radius 1 is 1.88 bits per heavy atom. The molecule has 0 fully saturated rings. The van der Waals surface area contributed by atoms with E-state index in [1.54, 1.807) is 5.94 Å². The first kappa shape index (κ1) is 5.34. The molecule has 4 nitrogen and oxygen atoms in total. The van der Waals surface area contributed by atoms with Crippen molar-refractivity contribution in [1.82, 2.24) is 4.41 Å². The van der Waals surface area contributed by atoms with Gasteiger partial charge >= 0.3 is 0 Å². The molecular weight excluding hydrogens is 126 g/mol. The predicted octanol–water partition coefficient (Wildman–Crippen LogP) is 0.230. The fourth-order valence-corrected chi connectivity index (χ4v) is 0.529. The smallest absolute Gasteiger partial charge is 0.170 e. The lowest BCUT2D eigenvalue weighted by Crippen LogP contribution is -1.99. The van der Waals surface area contributed by atoms with Gasteiger partial charge in [-0.05, 0) is 12.8 Å². The first-order chi connectivity index (χ1) is 3.83. The summed E-state index contributed by atoms with van der Waals surface area (Å²) >= 11 is 3.78. The molecule has 0 aromatic carbocycles. The van der Waals surface area contributed by atoms with E-state index >= 15 is 0 Å². The summed E-state index contributed by atoms with van der Waals surface area (Å²) in [4.78, 5) is 9.78. The number of hydrogen-bond acceptors (Lipinski definition) is 5. The van der Waals surface area contributed by atoms with Crippen LogP contribution in [0.5, 0.6) is 0 Å². The highest BCUT2D eigenvalue weighted by molar-refractivity contribution is 7.77. The Morgan fingerprint density at radius 2 is 2.62 bits per heavy atom. The molecule has 1 aliphatic heterocycles. The molecule has 0 aromatic heterocycles. The highest BCUT2D eigenvalue weighted by Crippen LogP contribution is 2.09. The molecule has 0 unspecified atom stereocenters. The summed E-state index contributed by atoms with van der Waals surface area (Å²) in [6.07, 6.45) is 0. The molecule has 0 aliphatic carbocycles. The van der Waals surface area contributed by atoms with Crippen LogP contribution in [-0.2, 0) is 4.79 Å². The van der Waals surface area contributed by atoms with Crippen LogP contribution in [0.4, 0.5) is 0 Å². The fourth-order valence-electron chi connectivity index (χ4n) is 0.355. The number of carbonyl (C=O) groups excluding carboxylic acids is 1. The van der Waals surface area contributed by atoms with Crippen molar-refractivity contribution in [2.24, 2.45) is 10.3 Å². The zero-order valence-corrected chi connectivity index (χ0v) is 4.80. The Morgan fingerprint density at radius 3 is 2.88 bits per heavy atom. The Balaban J connectivity index is 2.73. The lowest BCUT2D eigenvalue weighted by atomic mass is 10.5. The second-order valence-electron chi connectivity index (χ2n) is 1.27. The first-order valence-electron chi connectivity index (χ1n) is 1.95. The van der Waals surface area contributed by atoms with Gasteiger partial charge in [-0.2, -0.15) is 0 Å². The zero-order valence-electron chi connectivity index (χ0n) is 3.90. The SMILES string of the molecule is O=C=C1CN(S)N=N1. The molecule has 1 aliphatic rings. The number of rotatable bonds is 0. The minimum atomic E-state index is 0.292. The van der Waals surface area contributed by atoms with Crippen LogP contribution in [0.25, 0.3) is 0 Å². The summed E-state index contributed by atoms with van der Waals surface area (Å²) in [7, 11) is 0. The van der Waals surface area contributed by atoms with Crippen LogP contribution in [0.3, 0.4) is 0 Å². The van der Waals surface area contributed by atoms with Gasteiger partial charge in [-0.15, -0.1) is 5.11 Å². The van der Waals surface area contributed by atoms with E-state index in [-0.39, 0.29) is 0 Å². The molecule has 0 aromatic rings. The van der Waals surface area contributed by atoms with E-state index in [1.165, 1.54) is 4.41 Å². The maximum atomic E-state index is 9.78. The quantitative estimate of drug-likeness (QED) is 0.376. The minimum absolute atomic E-state index is 0.292. The Kier molecular flexibility index (Phi) is 1.32. The molecule has 0 bridgehead atoms. The van der Waals surface area contributed by atoms with E-state index in [2.05, 4.69) is 23.2 Å². The zero-order chi connectivity index (χ0) is 5.98. The van der Waals surface area contributed by atoms with Crippen LogP contribution in [0.1, 0.15) is 0 Å². The molecular formula is C3H3N3OS. The van der Waals surface area contributed by atoms with Gasteiger partial charge in [0.2, 0.25) is 0 Å². The van der Waals surface area contributed by atoms with E-state index in [9.17, 15) is 4.79 Å². The number of hydrogen-bond donors (Lipinski definition) is 1. The molecule has 1 rings (SSSR count). The van der Waals surface area contributed by atoms with Crippen LogP contribution >= 0.6 is 12.8 Å². The normalized spacial score (nSPS) is 17.1. The van der Waals surface area contributed by atoms with Crippen LogP contribution in [0, 0.1) is 0 Å². The van der Waals surface area contributed by atoms with Gasteiger partial charge in [-0.3, -0.25) is 0 Å². The summed E-state index contributed by atoms with van der Waals surface area (Å²) in [5.41, 5.74) is 0.292. The van der Waals surface area contributed by atoms with Crippen molar-refractivity contribution < 1.29 is 4.79 Å². The van der Waals surface area contributed by atoms with Gasteiger partial charge in [-0.1, -0.05) is 5.22 Å². The predicted molar refractivity (Wildman–Crippen MR) is 29.8 cm³/mol. The van der Waals surface area contributed by atoms with E-state index < -0.39 is 0 Å². The fraction of sp³-hybridized carbons (Fsp3) is 0.333. The van der Waals surface area contributed by atoms with Crippen LogP contribution in [-0.4, -0.2) is 16.9 Å². The molecule has 5 heteroatoms. The molecule has 0 saturated heterocycles. The Bertz CT molecular complexity index is 171. The molecule has 42 valence electrons. The van der Waals surface area contributed by atoms with Crippen molar-refractivity contribution in [2.75, 3.05) is 6.54 Å². The van der Waals surface area contributed by atoms with Gasteiger partial charge in [-0.25, -0.2) is 9.21 Å². The summed E-state index contributed by atoms with van der Waals surface area (Å²) in [5, 5.41) is 6.81. The third kappa shape index (κ3) is 0.882. The van der Waals surface area contributed by atoms with Crippen molar-refractivity contribution in [2.45, 2.75) is 0 Å². The summed E-state index contributed by atoms with van der Waals surface area (Å²) in [5.74, 6) is 1.61. The van der Waals surface area contributed by atoms with Crippen molar-refractivity contribution in [3.8, 4) is 0 Å². The van der Waals surface area contributed by atoms with E-state index in [1.807, 2.05) is 0 Å². The van der Waals surface area contributed by atoms with Gasteiger partial charge in [0, 0.05) is 0 Å². The average Bonchev–Trinajstić information content (AvgIpc) is 2.14. The molecule has 0 N–H and O–H groups in total. The van der Waals surface area contributed by atoms with Crippen molar-refractivity contribution >= 4 is 18.8 Å². The highest BCUT2D eigenvalue weighted by atomic mass is 32.1. The maximum absolute atomic E-state index is 9.78. The molecule has 0 radical (unpaired) electrons. The lowest BCUT2D eigenvalue weighted by Gasteiger charge is -1.94. The summed E-state index contributed by atoms with van der Waals surface area (Å²) < 4.78 is 1.26. The number of nitrogens with zero attached hydrogens (tertiary/aromatic N) is 3. The largest absolute Gasteiger partial charge is 0.231 e. The van der Waals surface area contributed by atoms with Crippen molar-refractivity contribution in [3.05, 3.63) is 5.70 Å². The average molecular weight is 129 g/mol. The molecule has 0 atom stereocenters. The number of thiol groups is 1. The molecule has 0 amide bonds. The topological polar surface area (TPSA) is 45.0 Å². The molecule has 1 heterocycles. The summed E-state index contributed by atoms with van der Waals surface area (Å²) in [6.45, 7) is 0.354.